The molecular weight excluding hydrogens is 757 g/mol. The van der Waals surface area contributed by atoms with Gasteiger partial charge >= 0.3 is 17.9 Å². The zero-order chi connectivity index (χ0) is 44.4. The summed E-state index contributed by atoms with van der Waals surface area (Å²) in [6.45, 7) is 6.45. The molecule has 0 heterocycles. The Labute approximate surface area is 376 Å². The van der Waals surface area contributed by atoms with Crippen LogP contribution in [0.2, 0.25) is 0 Å². The summed E-state index contributed by atoms with van der Waals surface area (Å²) in [7, 11) is 0. The Morgan fingerprint density at radius 2 is 0.639 bits per heavy atom. The van der Waals surface area contributed by atoms with Gasteiger partial charge < -0.3 is 14.2 Å². The summed E-state index contributed by atoms with van der Waals surface area (Å²) in [6, 6.07) is 0. The highest BCUT2D eigenvalue weighted by Crippen LogP contribution is 2.14. The van der Waals surface area contributed by atoms with E-state index in [4.69, 9.17) is 14.2 Å². The molecule has 350 valence electrons. The van der Waals surface area contributed by atoms with Gasteiger partial charge in [-0.2, -0.15) is 0 Å². The molecule has 0 fully saturated rings. The standard InChI is InChI=1S/C55H94O6/c1-4-7-10-13-16-19-21-23-25-26-27-28-30-31-33-36-39-42-45-48-54(57)60-51-52(50-59-53(56)47-44-41-38-35-18-15-12-9-6-3)61-55(58)49-46-43-40-37-34-32-29-24-22-20-17-14-11-8-5-2/h8,11,16-17,19-20,23-25,27-29,52H,4-7,9-10,12-15,18,21-22,26,30-51H2,1-3H3/b11-8-,19-16-,20-17-,25-23-,28-27-,29-24-/t52-/m1/s1. The fourth-order valence-corrected chi connectivity index (χ4v) is 6.87. The Balaban J connectivity index is 4.37. The van der Waals surface area contributed by atoms with Crippen LogP contribution in [0, 0.1) is 0 Å². The fourth-order valence-electron chi connectivity index (χ4n) is 6.87. The molecule has 0 aromatic rings. The number of hydrogen-bond donors (Lipinski definition) is 0. The summed E-state index contributed by atoms with van der Waals surface area (Å²) in [5.41, 5.74) is 0. The number of ether oxygens (including phenoxy) is 3. The van der Waals surface area contributed by atoms with Crippen LogP contribution in [0.15, 0.2) is 72.9 Å². The Hall–Kier alpha value is -3.15. The number of hydrogen-bond acceptors (Lipinski definition) is 6. The third-order valence-corrected chi connectivity index (χ3v) is 10.7. The fraction of sp³-hybridized carbons (Fsp3) is 0.727. The van der Waals surface area contributed by atoms with Crippen LogP contribution in [0.3, 0.4) is 0 Å². The number of carbonyl (C=O) groups excluding carboxylic acids is 3. The Bertz CT molecular complexity index is 1160. The number of unbranched alkanes of at least 4 members (excludes halogenated alkanes) is 22. The van der Waals surface area contributed by atoms with E-state index in [0.717, 1.165) is 116 Å². The van der Waals surface area contributed by atoms with E-state index in [0.29, 0.717) is 19.3 Å². The number of carbonyl (C=O) groups is 3. The van der Waals surface area contributed by atoms with Gasteiger partial charge in [0.1, 0.15) is 13.2 Å². The second-order valence-electron chi connectivity index (χ2n) is 16.7. The second-order valence-corrected chi connectivity index (χ2v) is 16.7. The number of esters is 3. The van der Waals surface area contributed by atoms with Crippen molar-refractivity contribution >= 4 is 17.9 Å². The van der Waals surface area contributed by atoms with Crippen molar-refractivity contribution in [3.05, 3.63) is 72.9 Å². The summed E-state index contributed by atoms with van der Waals surface area (Å²) in [5.74, 6) is -0.919. The average molecular weight is 851 g/mol. The van der Waals surface area contributed by atoms with E-state index >= 15 is 0 Å². The second kappa shape index (κ2) is 49.5. The van der Waals surface area contributed by atoms with Crippen molar-refractivity contribution in [2.24, 2.45) is 0 Å². The Kier molecular flexibility index (Phi) is 46.9. The van der Waals surface area contributed by atoms with Gasteiger partial charge in [0.05, 0.1) is 0 Å². The van der Waals surface area contributed by atoms with Crippen molar-refractivity contribution in [1.29, 1.82) is 0 Å². The highest BCUT2D eigenvalue weighted by molar-refractivity contribution is 5.71. The summed E-state index contributed by atoms with van der Waals surface area (Å²) in [6.07, 6.45) is 61.7. The molecule has 0 aliphatic rings. The lowest BCUT2D eigenvalue weighted by Crippen LogP contribution is -2.30. The van der Waals surface area contributed by atoms with Gasteiger partial charge in [0.2, 0.25) is 0 Å². The van der Waals surface area contributed by atoms with Crippen LogP contribution >= 0.6 is 0 Å². The van der Waals surface area contributed by atoms with Crippen molar-refractivity contribution in [1.82, 2.24) is 0 Å². The van der Waals surface area contributed by atoms with Crippen LogP contribution in [0.4, 0.5) is 0 Å². The quantitative estimate of drug-likeness (QED) is 0.0263. The Morgan fingerprint density at radius 3 is 1.03 bits per heavy atom. The minimum atomic E-state index is -0.787. The zero-order valence-electron chi connectivity index (χ0n) is 39.9. The summed E-state index contributed by atoms with van der Waals surface area (Å²) < 4.78 is 16.7. The lowest BCUT2D eigenvalue weighted by Gasteiger charge is -2.18. The first-order chi connectivity index (χ1) is 30.0. The molecule has 0 spiro atoms. The largest absolute Gasteiger partial charge is 0.462 e. The topological polar surface area (TPSA) is 78.9 Å². The van der Waals surface area contributed by atoms with Crippen LogP contribution in [0.1, 0.15) is 239 Å². The first kappa shape index (κ1) is 57.9. The maximum Gasteiger partial charge on any atom is 0.306 e. The lowest BCUT2D eigenvalue weighted by molar-refractivity contribution is -0.167. The molecule has 61 heavy (non-hydrogen) atoms. The predicted molar refractivity (Wildman–Crippen MR) is 261 cm³/mol. The summed E-state index contributed by atoms with van der Waals surface area (Å²) >= 11 is 0. The van der Waals surface area contributed by atoms with Crippen molar-refractivity contribution in [3.8, 4) is 0 Å². The summed E-state index contributed by atoms with van der Waals surface area (Å²) in [4.78, 5) is 37.9. The SMILES string of the molecule is CC/C=C\C/C=C\C/C=C\CCCCCCCC(=O)O[C@@H](COC(=O)CCCCCCCC/C=C\C/C=C\C/C=C\CCCCC)COC(=O)CCCCCCCCCCC. The molecule has 1 atom stereocenters. The van der Waals surface area contributed by atoms with Crippen LogP contribution in [-0.2, 0) is 28.6 Å². The normalized spacial score (nSPS) is 12.6. The van der Waals surface area contributed by atoms with Crippen molar-refractivity contribution in [2.75, 3.05) is 13.2 Å². The van der Waals surface area contributed by atoms with Crippen LogP contribution < -0.4 is 0 Å². The highest BCUT2D eigenvalue weighted by atomic mass is 16.6. The van der Waals surface area contributed by atoms with Crippen molar-refractivity contribution in [3.63, 3.8) is 0 Å². The minimum Gasteiger partial charge on any atom is -0.462 e. The van der Waals surface area contributed by atoms with Gasteiger partial charge in [-0.25, -0.2) is 0 Å². The predicted octanol–water partition coefficient (Wildman–Crippen LogP) is 16.6. The maximum absolute atomic E-state index is 12.8. The molecule has 0 radical (unpaired) electrons. The van der Waals surface area contributed by atoms with E-state index in [9.17, 15) is 14.4 Å². The molecule has 0 aromatic carbocycles. The minimum absolute atomic E-state index is 0.0861. The molecule has 0 amide bonds. The van der Waals surface area contributed by atoms with E-state index in [1.165, 1.54) is 83.5 Å². The monoisotopic (exact) mass is 851 g/mol. The molecule has 0 aliphatic heterocycles. The van der Waals surface area contributed by atoms with Gasteiger partial charge in [-0.05, 0) is 89.9 Å². The van der Waals surface area contributed by atoms with E-state index < -0.39 is 6.10 Å². The highest BCUT2D eigenvalue weighted by Gasteiger charge is 2.19. The lowest BCUT2D eigenvalue weighted by atomic mass is 10.1. The molecule has 0 saturated carbocycles. The first-order valence-corrected chi connectivity index (χ1v) is 25.4. The van der Waals surface area contributed by atoms with E-state index in [1.54, 1.807) is 0 Å². The van der Waals surface area contributed by atoms with Gasteiger partial charge in [-0.15, -0.1) is 0 Å². The van der Waals surface area contributed by atoms with Gasteiger partial charge in [0.25, 0.3) is 0 Å². The van der Waals surface area contributed by atoms with Crippen molar-refractivity contribution in [2.45, 2.75) is 245 Å². The molecule has 0 aliphatic carbocycles. The van der Waals surface area contributed by atoms with Gasteiger partial charge in [0, 0.05) is 19.3 Å². The van der Waals surface area contributed by atoms with Gasteiger partial charge in [-0.1, -0.05) is 203 Å². The molecule has 0 saturated heterocycles. The molecule has 6 nitrogen and oxygen atoms in total. The van der Waals surface area contributed by atoms with Gasteiger partial charge in [-0.3, -0.25) is 14.4 Å². The van der Waals surface area contributed by atoms with Crippen molar-refractivity contribution < 1.29 is 28.6 Å². The smallest absolute Gasteiger partial charge is 0.306 e. The first-order valence-electron chi connectivity index (χ1n) is 25.4. The molecule has 0 aromatic heterocycles. The van der Waals surface area contributed by atoms with Crippen LogP contribution in [0.5, 0.6) is 0 Å². The van der Waals surface area contributed by atoms with Crippen LogP contribution in [-0.4, -0.2) is 37.2 Å². The van der Waals surface area contributed by atoms with Gasteiger partial charge in [0.15, 0.2) is 6.10 Å². The Morgan fingerprint density at radius 1 is 0.344 bits per heavy atom. The van der Waals surface area contributed by atoms with Crippen LogP contribution in [0.25, 0.3) is 0 Å². The molecule has 0 unspecified atom stereocenters. The van der Waals surface area contributed by atoms with E-state index in [1.807, 2.05) is 0 Å². The zero-order valence-corrected chi connectivity index (χ0v) is 39.9. The number of allylic oxidation sites excluding steroid dienone is 12. The molecule has 0 rings (SSSR count). The van der Waals surface area contributed by atoms with E-state index in [-0.39, 0.29) is 31.1 Å². The average Bonchev–Trinajstić information content (AvgIpc) is 3.26. The molecular formula is C55H94O6. The third kappa shape index (κ3) is 47.7. The molecule has 6 heteroatoms. The van der Waals surface area contributed by atoms with E-state index in [2.05, 4.69) is 93.7 Å². The number of rotatable bonds is 45. The summed E-state index contributed by atoms with van der Waals surface area (Å²) in [5, 5.41) is 0. The maximum atomic E-state index is 12.8. The molecule has 0 N–H and O–H groups in total. The third-order valence-electron chi connectivity index (χ3n) is 10.7. The molecule has 0 bridgehead atoms.